The first-order chi connectivity index (χ1) is 13.0. The number of amides is 3. The predicted molar refractivity (Wildman–Crippen MR) is 94.7 cm³/mol. The van der Waals surface area contributed by atoms with Gasteiger partial charge in [0.1, 0.15) is 5.76 Å². The molecule has 1 fully saturated rings. The molecule has 0 spiro atoms. The first-order valence-corrected chi connectivity index (χ1v) is 8.69. The van der Waals surface area contributed by atoms with Crippen molar-refractivity contribution in [1.29, 1.82) is 0 Å². The third-order valence-electron chi connectivity index (χ3n) is 4.53. The number of hydrogen-bond acceptors (Lipinski definition) is 6. The normalized spacial score (nSPS) is 15.0. The summed E-state index contributed by atoms with van der Waals surface area (Å²) in [6.07, 6.45) is 0.0509. The second-order valence-electron chi connectivity index (χ2n) is 6.39. The van der Waals surface area contributed by atoms with Gasteiger partial charge in [0, 0.05) is 12.0 Å². The van der Waals surface area contributed by atoms with Crippen LogP contribution >= 0.6 is 0 Å². The number of imide groups is 1. The van der Waals surface area contributed by atoms with E-state index in [1.165, 1.54) is 0 Å². The Morgan fingerprint density at radius 2 is 2.00 bits per heavy atom. The molecule has 3 rings (SSSR count). The summed E-state index contributed by atoms with van der Waals surface area (Å²) in [5.74, 6) is 0.0973. The van der Waals surface area contributed by atoms with Crippen LogP contribution in [0, 0.1) is 13.8 Å². The summed E-state index contributed by atoms with van der Waals surface area (Å²) in [4.78, 5) is 37.1. The van der Waals surface area contributed by atoms with Crippen molar-refractivity contribution < 1.29 is 23.6 Å². The zero-order chi connectivity index (χ0) is 19.4. The van der Waals surface area contributed by atoms with Crippen molar-refractivity contribution in [2.24, 2.45) is 0 Å². The first-order valence-electron chi connectivity index (χ1n) is 8.69. The van der Waals surface area contributed by atoms with Gasteiger partial charge in [-0.25, -0.2) is 9.69 Å². The zero-order valence-corrected chi connectivity index (χ0v) is 15.2. The number of benzene rings is 1. The lowest BCUT2D eigenvalue weighted by molar-refractivity contribution is -0.127. The predicted octanol–water partition coefficient (Wildman–Crippen LogP) is 2.06. The summed E-state index contributed by atoms with van der Waals surface area (Å²) in [6.45, 7) is 3.41. The van der Waals surface area contributed by atoms with E-state index in [-0.39, 0.29) is 25.5 Å². The van der Waals surface area contributed by atoms with Gasteiger partial charge in [-0.1, -0.05) is 35.5 Å². The molecule has 2 heterocycles. The van der Waals surface area contributed by atoms with Crippen molar-refractivity contribution >= 4 is 17.9 Å². The average molecular weight is 371 g/mol. The van der Waals surface area contributed by atoms with E-state index in [1.54, 1.807) is 0 Å². The third-order valence-corrected chi connectivity index (χ3v) is 4.53. The Hall–Kier alpha value is -3.16. The lowest BCUT2D eigenvalue weighted by Crippen LogP contribution is -2.40. The SMILES string of the molecule is Cc1noc(C)c1CCC(=O)NC(CN1C(=O)COC1=O)c1ccccc1. The van der Waals surface area contributed by atoms with Gasteiger partial charge < -0.3 is 14.6 Å². The summed E-state index contributed by atoms with van der Waals surface area (Å²) in [5, 5.41) is 6.80. The van der Waals surface area contributed by atoms with E-state index in [4.69, 9.17) is 9.26 Å². The van der Waals surface area contributed by atoms with Gasteiger partial charge in [-0.05, 0) is 25.8 Å². The molecule has 8 heteroatoms. The highest BCUT2D eigenvalue weighted by atomic mass is 16.6. The van der Waals surface area contributed by atoms with Crippen LogP contribution < -0.4 is 5.32 Å². The Morgan fingerprint density at radius 3 is 2.59 bits per heavy atom. The quantitative estimate of drug-likeness (QED) is 0.799. The number of carbonyl (C=O) groups is 3. The summed E-state index contributed by atoms with van der Waals surface area (Å²) in [5.41, 5.74) is 2.49. The Labute approximate surface area is 156 Å². The molecule has 2 aromatic rings. The summed E-state index contributed by atoms with van der Waals surface area (Å²) in [6, 6.07) is 8.69. The van der Waals surface area contributed by atoms with E-state index in [9.17, 15) is 14.4 Å². The molecule has 1 N–H and O–H groups in total. The minimum absolute atomic E-state index is 0.0265. The fraction of sp³-hybridized carbons (Fsp3) is 0.368. The molecule has 142 valence electrons. The van der Waals surface area contributed by atoms with Gasteiger partial charge in [0.15, 0.2) is 6.61 Å². The first kappa shape index (κ1) is 18.6. The van der Waals surface area contributed by atoms with Crippen LogP contribution in [0.25, 0.3) is 0 Å². The maximum absolute atomic E-state index is 12.5. The number of nitrogens with zero attached hydrogens (tertiary/aromatic N) is 2. The van der Waals surface area contributed by atoms with Crippen molar-refractivity contribution in [2.75, 3.05) is 13.2 Å². The molecular formula is C19H21N3O5. The third kappa shape index (κ3) is 4.33. The molecule has 3 amide bonds. The minimum Gasteiger partial charge on any atom is -0.439 e. The molecule has 1 saturated heterocycles. The average Bonchev–Trinajstić information content (AvgIpc) is 3.15. The van der Waals surface area contributed by atoms with Gasteiger partial charge in [0.25, 0.3) is 5.91 Å². The van der Waals surface area contributed by atoms with Crippen molar-refractivity contribution in [1.82, 2.24) is 15.4 Å². The molecule has 0 radical (unpaired) electrons. The molecule has 27 heavy (non-hydrogen) atoms. The van der Waals surface area contributed by atoms with Crippen LogP contribution in [-0.4, -0.2) is 41.1 Å². The molecule has 1 aromatic carbocycles. The summed E-state index contributed by atoms with van der Waals surface area (Å²) >= 11 is 0. The Bertz CT molecular complexity index is 811. The highest BCUT2D eigenvalue weighted by molar-refractivity contribution is 5.97. The van der Waals surface area contributed by atoms with Gasteiger partial charge in [-0.15, -0.1) is 0 Å². The lowest BCUT2D eigenvalue weighted by atomic mass is 10.0. The Kier molecular flexibility index (Phi) is 5.54. The van der Waals surface area contributed by atoms with Crippen molar-refractivity contribution in [3.63, 3.8) is 0 Å². The van der Waals surface area contributed by atoms with Gasteiger partial charge in [0.2, 0.25) is 5.91 Å². The minimum atomic E-state index is -0.689. The topological polar surface area (TPSA) is 102 Å². The standard InChI is InChI=1S/C19H21N3O5/c1-12-15(13(2)27-21-12)8-9-17(23)20-16(14-6-4-3-5-7-14)10-22-18(24)11-26-19(22)25/h3-7,16H,8-11H2,1-2H3,(H,20,23). The van der Waals surface area contributed by atoms with E-state index < -0.39 is 18.0 Å². The lowest BCUT2D eigenvalue weighted by Gasteiger charge is -2.22. The zero-order valence-electron chi connectivity index (χ0n) is 15.2. The number of carbonyl (C=O) groups excluding carboxylic acids is 3. The number of aryl methyl sites for hydroxylation is 2. The second-order valence-corrected chi connectivity index (χ2v) is 6.39. The fourth-order valence-electron chi connectivity index (χ4n) is 3.02. The van der Waals surface area contributed by atoms with Crippen molar-refractivity contribution in [3.8, 4) is 0 Å². The van der Waals surface area contributed by atoms with Crippen molar-refractivity contribution in [3.05, 3.63) is 52.9 Å². The Balaban J connectivity index is 1.68. The molecule has 0 aliphatic carbocycles. The number of aromatic nitrogens is 1. The second kappa shape index (κ2) is 8.03. The summed E-state index contributed by atoms with van der Waals surface area (Å²) < 4.78 is 9.86. The van der Waals surface area contributed by atoms with Crippen LogP contribution in [0.15, 0.2) is 34.9 Å². The molecule has 1 atom stereocenters. The van der Waals surface area contributed by atoms with Crippen LogP contribution in [-0.2, 0) is 20.7 Å². The van der Waals surface area contributed by atoms with Crippen LogP contribution in [0.2, 0.25) is 0 Å². The van der Waals surface area contributed by atoms with Crippen LogP contribution in [0.3, 0.4) is 0 Å². The van der Waals surface area contributed by atoms with Gasteiger partial charge in [-0.2, -0.15) is 0 Å². The summed E-state index contributed by atoms with van der Waals surface area (Å²) in [7, 11) is 0. The van der Waals surface area contributed by atoms with E-state index in [0.29, 0.717) is 12.2 Å². The largest absolute Gasteiger partial charge is 0.439 e. The smallest absolute Gasteiger partial charge is 0.417 e. The molecular weight excluding hydrogens is 350 g/mol. The molecule has 1 unspecified atom stereocenters. The highest BCUT2D eigenvalue weighted by Gasteiger charge is 2.33. The van der Waals surface area contributed by atoms with E-state index >= 15 is 0 Å². The number of nitrogens with one attached hydrogen (secondary N) is 1. The van der Waals surface area contributed by atoms with Gasteiger partial charge in [0.05, 0.1) is 18.3 Å². The maximum atomic E-state index is 12.5. The number of hydrogen-bond donors (Lipinski definition) is 1. The molecule has 0 bridgehead atoms. The molecule has 1 aliphatic rings. The van der Waals surface area contributed by atoms with E-state index in [0.717, 1.165) is 21.7 Å². The molecule has 1 aliphatic heterocycles. The van der Waals surface area contributed by atoms with E-state index in [2.05, 4.69) is 10.5 Å². The number of rotatable bonds is 7. The maximum Gasteiger partial charge on any atom is 0.417 e. The van der Waals surface area contributed by atoms with E-state index in [1.807, 2.05) is 44.2 Å². The molecule has 0 saturated carbocycles. The van der Waals surface area contributed by atoms with Crippen LogP contribution in [0.5, 0.6) is 0 Å². The highest BCUT2D eigenvalue weighted by Crippen LogP contribution is 2.19. The van der Waals surface area contributed by atoms with Gasteiger partial charge >= 0.3 is 6.09 Å². The van der Waals surface area contributed by atoms with Crippen molar-refractivity contribution in [2.45, 2.75) is 32.7 Å². The fourth-order valence-corrected chi connectivity index (χ4v) is 3.02. The number of ether oxygens (including phenoxy) is 1. The molecule has 8 nitrogen and oxygen atoms in total. The van der Waals surface area contributed by atoms with Crippen LogP contribution in [0.4, 0.5) is 4.79 Å². The van der Waals surface area contributed by atoms with Crippen LogP contribution in [0.1, 0.15) is 35.0 Å². The number of cyclic esters (lactones) is 1. The molecule has 1 aromatic heterocycles. The Morgan fingerprint density at radius 1 is 1.26 bits per heavy atom. The van der Waals surface area contributed by atoms with Gasteiger partial charge in [-0.3, -0.25) is 9.59 Å². The monoisotopic (exact) mass is 371 g/mol.